The lowest BCUT2D eigenvalue weighted by Gasteiger charge is -2.08. The summed E-state index contributed by atoms with van der Waals surface area (Å²) in [6, 6.07) is 9.23. The van der Waals surface area contributed by atoms with E-state index in [1.807, 2.05) is 0 Å². The Kier molecular flexibility index (Phi) is 3.98. The normalized spacial score (nSPS) is 11.2. The average molecular weight is 288 g/mol. The van der Waals surface area contributed by atoms with E-state index < -0.39 is 4.92 Å². The van der Waals surface area contributed by atoms with E-state index in [2.05, 4.69) is 10.1 Å². The lowest BCUT2D eigenvalue weighted by molar-refractivity contribution is -0.385. The van der Waals surface area contributed by atoms with Gasteiger partial charge in [-0.15, -0.1) is 0 Å². The fourth-order valence-corrected chi connectivity index (χ4v) is 1.68. The third kappa shape index (κ3) is 3.06. The minimum atomic E-state index is -0.532. The molecule has 3 N–H and O–H groups in total. The second-order valence-corrected chi connectivity index (χ2v) is 4.13. The highest BCUT2D eigenvalue weighted by Gasteiger charge is 2.18. The molecule has 0 spiro atoms. The minimum Gasteiger partial charge on any atom is -0.431 e. The Labute approximate surface area is 119 Å². The van der Waals surface area contributed by atoms with E-state index >= 15 is 0 Å². The standard InChI is InChI=1S/C13H12N4O4/c1-8-4-2-6-10(17(19)20)12(8)21-11-7-3-5-9(15-11)13(14)16-18/h2-7,18H,1H3,(H2,14,16). The first-order chi connectivity index (χ1) is 10.0. The smallest absolute Gasteiger partial charge is 0.311 e. The number of amidine groups is 1. The van der Waals surface area contributed by atoms with E-state index in [1.165, 1.54) is 18.2 Å². The van der Waals surface area contributed by atoms with Crippen LogP contribution in [-0.2, 0) is 0 Å². The molecule has 1 aromatic heterocycles. The number of nitro benzene ring substituents is 1. The molecule has 0 aliphatic carbocycles. The fourth-order valence-electron chi connectivity index (χ4n) is 1.68. The van der Waals surface area contributed by atoms with Crippen LogP contribution in [0.5, 0.6) is 11.6 Å². The van der Waals surface area contributed by atoms with Gasteiger partial charge < -0.3 is 15.7 Å². The van der Waals surface area contributed by atoms with Crippen LogP contribution in [0.1, 0.15) is 11.3 Å². The van der Waals surface area contributed by atoms with Crippen molar-refractivity contribution < 1.29 is 14.9 Å². The van der Waals surface area contributed by atoms with Crippen molar-refractivity contribution >= 4 is 11.5 Å². The highest BCUT2D eigenvalue weighted by molar-refractivity contribution is 5.95. The second kappa shape index (κ2) is 5.87. The number of aryl methyl sites for hydroxylation is 1. The van der Waals surface area contributed by atoms with Crippen LogP contribution in [0, 0.1) is 17.0 Å². The number of nitrogens with zero attached hydrogens (tertiary/aromatic N) is 3. The molecule has 0 bridgehead atoms. The number of pyridine rings is 1. The van der Waals surface area contributed by atoms with Crippen LogP contribution in [-0.4, -0.2) is 21.0 Å². The van der Waals surface area contributed by atoms with Crippen LogP contribution in [0.15, 0.2) is 41.6 Å². The zero-order valence-corrected chi connectivity index (χ0v) is 11.1. The SMILES string of the molecule is Cc1cccc([N+](=O)[O-])c1Oc1cccc(/C(N)=N/O)n1. The van der Waals surface area contributed by atoms with Crippen molar-refractivity contribution in [2.45, 2.75) is 6.92 Å². The predicted octanol–water partition coefficient (Wildman–Crippen LogP) is 2.19. The molecule has 1 heterocycles. The van der Waals surface area contributed by atoms with E-state index in [0.29, 0.717) is 5.56 Å². The third-order valence-corrected chi connectivity index (χ3v) is 2.69. The first kappa shape index (κ1) is 14.3. The van der Waals surface area contributed by atoms with Crippen molar-refractivity contribution in [3.8, 4) is 11.6 Å². The average Bonchev–Trinajstić information content (AvgIpc) is 2.48. The zero-order chi connectivity index (χ0) is 15.4. The molecule has 0 radical (unpaired) electrons. The van der Waals surface area contributed by atoms with Gasteiger partial charge in [0.25, 0.3) is 0 Å². The topological polar surface area (TPSA) is 124 Å². The van der Waals surface area contributed by atoms with Crippen molar-refractivity contribution in [2.75, 3.05) is 0 Å². The molecule has 0 fully saturated rings. The molecule has 0 unspecified atom stereocenters. The van der Waals surface area contributed by atoms with Crippen LogP contribution in [0.25, 0.3) is 0 Å². The van der Waals surface area contributed by atoms with Gasteiger partial charge in [0.1, 0.15) is 5.69 Å². The van der Waals surface area contributed by atoms with E-state index in [1.54, 1.807) is 25.1 Å². The summed E-state index contributed by atoms with van der Waals surface area (Å²) in [6.45, 7) is 1.69. The molecule has 1 aromatic carbocycles. The maximum Gasteiger partial charge on any atom is 0.311 e. The Hall–Kier alpha value is -3.16. The number of hydrogen-bond acceptors (Lipinski definition) is 6. The Balaban J connectivity index is 2.41. The molecule has 108 valence electrons. The number of ether oxygens (including phenoxy) is 1. The number of benzene rings is 1. The Morgan fingerprint density at radius 2 is 2.10 bits per heavy atom. The van der Waals surface area contributed by atoms with Crippen molar-refractivity contribution in [2.24, 2.45) is 10.9 Å². The molecule has 0 amide bonds. The lowest BCUT2D eigenvalue weighted by Crippen LogP contribution is -2.15. The third-order valence-electron chi connectivity index (χ3n) is 2.69. The Morgan fingerprint density at radius 1 is 1.38 bits per heavy atom. The molecule has 0 aliphatic heterocycles. The van der Waals surface area contributed by atoms with E-state index in [-0.39, 0.29) is 28.8 Å². The maximum absolute atomic E-state index is 11.0. The molecule has 0 saturated carbocycles. The van der Waals surface area contributed by atoms with Crippen molar-refractivity contribution in [1.29, 1.82) is 0 Å². The molecule has 2 aromatic rings. The lowest BCUT2D eigenvalue weighted by atomic mass is 10.2. The summed E-state index contributed by atoms with van der Waals surface area (Å²) in [7, 11) is 0. The van der Waals surface area contributed by atoms with Gasteiger partial charge in [-0.2, -0.15) is 0 Å². The fraction of sp³-hybridized carbons (Fsp3) is 0.0769. The number of aromatic nitrogens is 1. The summed E-state index contributed by atoms with van der Waals surface area (Å²) in [5, 5.41) is 22.5. The molecule has 2 rings (SSSR count). The summed E-state index contributed by atoms with van der Waals surface area (Å²) in [4.78, 5) is 14.5. The predicted molar refractivity (Wildman–Crippen MR) is 74.7 cm³/mol. The van der Waals surface area contributed by atoms with Crippen LogP contribution in [0.2, 0.25) is 0 Å². The molecule has 0 saturated heterocycles. The second-order valence-electron chi connectivity index (χ2n) is 4.13. The van der Waals surface area contributed by atoms with Crippen LogP contribution >= 0.6 is 0 Å². The van der Waals surface area contributed by atoms with E-state index in [9.17, 15) is 10.1 Å². The van der Waals surface area contributed by atoms with Crippen molar-refractivity contribution in [3.63, 3.8) is 0 Å². The molecule has 21 heavy (non-hydrogen) atoms. The minimum absolute atomic E-state index is 0.103. The Bertz CT molecular complexity index is 715. The monoisotopic (exact) mass is 288 g/mol. The highest BCUT2D eigenvalue weighted by atomic mass is 16.6. The molecule has 8 nitrogen and oxygen atoms in total. The summed E-state index contributed by atoms with van der Waals surface area (Å²) in [6.07, 6.45) is 0. The van der Waals surface area contributed by atoms with Gasteiger partial charge in [-0.05, 0) is 18.6 Å². The van der Waals surface area contributed by atoms with Gasteiger partial charge >= 0.3 is 5.69 Å². The van der Waals surface area contributed by atoms with Gasteiger partial charge in [0.15, 0.2) is 5.84 Å². The largest absolute Gasteiger partial charge is 0.431 e. The van der Waals surface area contributed by atoms with Crippen LogP contribution < -0.4 is 10.5 Å². The van der Waals surface area contributed by atoms with Gasteiger partial charge in [0.05, 0.1) is 4.92 Å². The molecular formula is C13H12N4O4. The molecule has 0 atom stereocenters. The summed E-state index contributed by atoms with van der Waals surface area (Å²) in [5.41, 5.74) is 6.07. The summed E-state index contributed by atoms with van der Waals surface area (Å²) >= 11 is 0. The Morgan fingerprint density at radius 3 is 2.76 bits per heavy atom. The number of para-hydroxylation sites is 1. The van der Waals surface area contributed by atoms with Gasteiger partial charge in [-0.3, -0.25) is 10.1 Å². The van der Waals surface area contributed by atoms with Gasteiger partial charge in [-0.1, -0.05) is 23.4 Å². The zero-order valence-electron chi connectivity index (χ0n) is 11.1. The van der Waals surface area contributed by atoms with E-state index in [4.69, 9.17) is 15.7 Å². The molecular weight excluding hydrogens is 276 g/mol. The number of oxime groups is 1. The molecule has 0 aliphatic rings. The summed E-state index contributed by atoms with van der Waals surface area (Å²) < 4.78 is 5.49. The van der Waals surface area contributed by atoms with Crippen LogP contribution in [0.3, 0.4) is 0 Å². The van der Waals surface area contributed by atoms with Gasteiger partial charge in [-0.25, -0.2) is 4.98 Å². The molecule has 8 heteroatoms. The van der Waals surface area contributed by atoms with Crippen molar-refractivity contribution in [1.82, 2.24) is 4.98 Å². The first-order valence-electron chi connectivity index (χ1n) is 5.89. The van der Waals surface area contributed by atoms with Gasteiger partial charge in [0.2, 0.25) is 11.6 Å². The maximum atomic E-state index is 11.0. The summed E-state index contributed by atoms with van der Waals surface area (Å²) in [5.74, 6) is 0.0305. The van der Waals surface area contributed by atoms with Gasteiger partial charge in [0, 0.05) is 12.1 Å². The quantitative estimate of drug-likeness (QED) is 0.292. The highest BCUT2D eigenvalue weighted by Crippen LogP contribution is 2.33. The van der Waals surface area contributed by atoms with Crippen LogP contribution in [0.4, 0.5) is 5.69 Å². The number of rotatable bonds is 4. The number of hydrogen-bond donors (Lipinski definition) is 2. The first-order valence-corrected chi connectivity index (χ1v) is 5.89. The number of nitrogens with two attached hydrogens (primary N) is 1. The number of nitro groups is 1. The van der Waals surface area contributed by atoms with Crippen molar-refractivity contribution in [3.05, 3.63) is 57.8 Å². The van der Waals surface area contributed by atoms with E-state index in [0.717, 1.165) is 0 Å².